The summed E-state index contributed by atoms with van der Waals surface area (Å²) in [6, 6.07) is 8.96. The number of methoxy groups -OCH3 is 1. The van der Waals surface area contributed by atoms with Crippen LogP contribution in [-0.4, -0.2) is 23.7 Å². The Labute approximate surface area is 183 Å². The summed E-state index contributed by atoms with van der Waals surface area (Å²) in [6.45, 7) is 2.98. The van der Waals surface area contributed by atoms with Crippen molar-refractivity contribution in [3.05, 3.63) is 59.9 Å². The van der Waals surface area contributed by atoms with E-state index in [4.69, 9.17) is 4.74 Å². The molecule has 1 saturated carbocycles. The number of hydrogen-bond donors (Lipinski definition) is 0. The number of hydrogen-bond acceptors (Lipinski definition) is 3. The second-order valence-electron chi connectivity index (χ2n) is 8.70. The van der Waals surface area contributed by atoms with Crippen LogP contribution in [0.2, 0.25) is 0 Å². The molecule has 2 aromatic rings. The van der Waals surface area contributed by atoms with Gasteiger partial charge in [-0.2, -0.15) is 0 Å². The summed E-state index contributed by atoms with van der Waals surface area (Å²) in [5, 5.41) is 0. The normalized spacial score (nSPS) is 19.4. The number of benzene rings is 1. The van der Waals surface area contributed by atoms with Gasteiger partial charge in [0.05, 0.1) is 6.61 Å². The van der Waals surface area contributed by atoms with Crippen molar-refractivity contribution in [1.82, 2.24) is 9.97 Å². The summed E-state index contributed by atoms with van der Waals surface area (Å²) in [5.74, 6) is 2.24. The highest BCUT2D eigenvalue weighted by molar-refractivity contribution is 5.55. The average Bonchev–Trinajstić information content (AvgIpc) is 2.80. The van der Waals surface area contributed by atoms with Gasteiger partial charge in [-0.3, -0.25) is 0 Å². The first-order valence-corrected chi connectivity index (χ1v) is 11.9. The third-order valence-electron chi connectivity index (χ3n) is 6.36. The molecular weight excluding hydrogens is 368 g/mol. The fourth-order valence-corrected chi connectivity index (χ4v) is 4.46. The molecule has 3 rings (SSSR count). The van der Waals surface area contributed by atoms with Crippen LogP contribution in [0.4, 0.5) is 0 Å². The molecule has 1 aromatic heterocycles. The van der Waals surface area contributed by atoms with Crippen molar-refractivity contribution in [2.24, 2.45) is 5.92 Å². The molecule has 0 saturated heterocycles. The zero-order chi connectivity index (χ0) is 21.0. The first kappa shape index (κ1) is 22.7. The average molecular weight is 407 g/mol. The molecule has 0 amide bonds. The van der Waals surface area contributed by atoms with Crippen molar-refractivity contribution in [2.75, 3.05) is 13.7 Å². The number of rotatable bonds is 11. The molecule has 0 aliphatic heterocycles. The van der Waals surface area contributed by atoms with Gasteiger partial charge in [-0.1, -0.05) is 69.0 Å². The van der Waals surface area contributed by atoms with Gasteiger partial charge in [0.25, 0.3) is 0 Å². The Kier molecular flexibility index (Phi) is 9.56. The maximum absolute atomic E-state index is 5.11. The molecule has 1 fully saturated rings. The van der Waals surface area contributed by atoms with Crippen LogP contribution < -0.4 is 0 Å². The van der Waals surface area contributed by atoms with E-state index in [-0.39, 0.29) is 0 Å². The molecule has 1 heterocycles. The van der Waals surface area contributed by atoms with Crippen molar-refractivity contribution < 1.29 is 4.74 Å². The summed E-state index contributed by atoms with van der Waals surface area (Å²) in [7, 11) is 1.75. The maximum atomic E-state index is 5.11. The molecule has 30 heavy (non-hydrogen) atoms. The quantitative estimate of drug-likeness (QED) is 0.294. The van der Waals surface area contributed by atoms with E-state index >= 15 is 0 Å². The van der Waals surface area contributed by atoms with Crippen molar-refractivity contribution >= 4 is 0 Å². The van der Waals surface area contributed by atoms with Gasteiger partial charge in [0.1, 0.15) is 0 Å². The van der Waals surface area contributed by atoms with Crippen molar-refractivity contribution in [3.63, 3.8) is 0 Å². The number of unbranched alkanes of at least 4 members (excludes halogenated alkanes) is 4. The zero-order valence-corrected chi connectivity index (χ0v) is 18.9. The van der Waals surface area contributed by atoms with E-state index in [2.05, 4.69) is 53.3 Å². The molecule has 0 unspecified atom stereocenters. The first-order chi connectivity index (χ1) is 14.8. The smallest absolute Gasteiger partial charge is 0.159 e. The van der Waals surface area contributed by atoms with Gasteiger partial charge >= 0.3 is 0 Å². The van der Waals surface area contributed by atoms with E-state index in [1.54, 1.807) is 7.11 Å². The minimum absolute atomic E-state index is 0.683. The lowest BCUT2D eigenvalue weighted by Crippen LogP contribution is -2.11. The van der Waals surface area contributed by atoms with Gasteiger partial charge in [0.2, 0.25) is 0 Å². The van der Waals surface area contributed by atoms with E-state index in [0.717, 1.165) is 24.4 Å². The molecule has 0 radical (unpaired) electrons. The third-order valence-corrected chi connectivity index (χ3v) is 6.36. The highest BCUT2D eigenvalue weighted by Crippen LogP contribution is 2.36. The Balaban J connectivity index is 1.48. The van der Waals surface area contributed by atoms with Gasteiger partial charge in [-0.15, -0.1) is 0 Å². The molecular formula is C27H38N2O. The Morgan fingerprint density at radius 3 is 2.30 bits per heavy atom. The standard InChI is InChI=1S/C27H38N2O/c1-3-4-5-6-7-9-23-20-28-27(29-21-23)26-17-15-25(16-18-26)24-13-11-22(12-14-24)10-8-19-30-2/h8,10,15-18,20-22,24H,3-7,9,11-14,19H2,1-2H3. The summed E-state index contributed by atoms with van der Waals surface area (Å²) in [4.78, 5) is 9.25. The van der Waals surface area contributed by atoms with E-state index in [1.165, 1.54) is 68.9 Å². The van der Waals surface area contributed by atoms with Gasteiger partial charge in [-0.05, 0) is 61.5 Å². The summed E-state index contributed by atoms with van der Waals surface area (Å²) in [6.07, 6.45) is 21.2. The number of allylic oxidation sites excluding steroid dienone is 1. The van der Waals surface area contributed by atoms with Crippen LogP contribution in [0.25, 0.3) is 11.4 Å². The molecule has 0 N–H and O–H groups in total. The fraction of sp³-hybridized carbons (Fsp3) is 0.556. The summed E-state index contributed by atoms with van der Waals surface area (Å²) < 4.78 is 5.11. The molecule has 0 bridgehead atoms. The van der Waals surface area contributed by atoms with Crippen molar-refractivity contribution in [2.45, 2.75) is 77.0 Å². The largest absolute Gasteiger partial charge is 0.381 e. The van der Waals surface area contributed by atoms with Crippen LogP contribution in [0, 0.1) is 5.92 Å². The lowest BCUT2D eigenvalue weighted by Gasteiger charge is -2.27. The molecule has 162 valence electrons. The molecule has 1 aromatic carbocycles. The van der Waals surface area contributed by atoms with E-state index < -0.39 is 0 Å². The summed E-state index contributed by atoms with van der Waals surface area (Å²) >= 11 is 0. The minimum atomic E-state index is 0.683. The van der Waals surface area contributed by atoms with Gasteiger partial charge in [-0.25, -0.2) is 9.97 Å². The van der Waals surface area contributed by atoms with E-state index in [1.807, 2.05) is 12.4 Å². The Morgan fingerprint density at radius 2 is 1.63 bits per heavy atom. The monoisotopic (exact) mass is 406 g/mol. The molecule has 3 heteroatoms. The van der Waals surface area contributed by atoms with E-state index in [9.17, 15) is 0 Å². The van der Waals surface area contributed by atoms with Gasteiger partial charge in [0.15, 0.2) is 5.82 Å². The molecule has 0 atom stereocenters. The van der Waals surface area contributed by atoms with Crippen molar-refractivity contribution in [1.29, 1.82) is 0 Å². The Hall–Kier alpha value is -2.00. The third kappa shape index (κ3) is 7.05. The number of aryl methyl sites for hydroxylation is 1. The minimum Gasteiger partial charge on any atom is -0.381 e. The first-order valence-electron chi connectivity index (χ1n) is 11.9. The van der Waals surface area contributed by atoms with Crippen LogP contribution in [0.5, 0.6) is 0 Å². The summed E-state index contributed by atoms with van der Waals surface area (Å²) in [5.41, 5.74) is 3.83. The molecule has 0 spiro atoms. The Morgan fingerprint density at radius 1 is 0.933 bits per heavy atom. The van der Waals surface area contributed by atoms with Crippen LogP contribution in [0.3, 0.4) is 0 Å². The number of ether oxygens (including phenoxy) is 1. The topological polar surface area (TPSA) is 35.0 Å². The second-order valence-corrected chi connectivity index (χ2v) is 8.70. The molecule has 1 aliphatic rings. The van der Waals surface area contributed by atoms with Crippen LogP contribution in [-0.2, 0) is 11.2 Å². The van der Waals surface area contributed by atoms with E-state index in [0.29, 0.717) is 11.8 Å². The fourth-order valence-electron chi connectivity index (χ4n) is 4.46. The molecule has 3 nitrogen and oxygen atoms in total. The van der Waals surface area contributed by atoms with Gasteiger partial charge < -0.3 is 4.74 Å². The zero-order valence-electron chi connectivity index (χ0n) is 18.9. The van der Waals surface area contributed by atoms with Gasteiger partial charge in [0, 0.05) is 25.1 Å². The van der Waals surface area contributed by atoms with Crippen LogP contribution in [0.1, 0.15) is 81.8 Å². The molecule has 1 aliphatic carbocycles. The van der Waals surface area contributed by atoms with Crippen LogP contribution in [0.15, 0.2) is 48.8 Å². The number of aromatic nitrogens is 2. The SMILES string of the molecule is CCCCCCCc1cnc(-c2ccc(C3CCC(C=CCOC)CC3)cc2)nc1. The predicted molar refractivity (Wildman–Crippen MR) is 126 cm³/mol. The highest BCUT2D eigenvalue weighted by atomic mass is 16.5. The Bertz CT molecular complexity index is 743. The number of nitrogens with zero attached hydrogens (tertiary/aromatic N) is 2. The van der Waals surface area contributed by atoms with Crippen molar-refractivity contribution in [3.8, 4) is 11.4 Å². The highest BCUT2D eigenvalue weighted by Gasteiger charge is 2.20. The predicted octanol–water partition coefficient (Wildman–Crippen LogP) is 7.13. The lowest BCUT2D eigenvalue weighted by molar-refractivity contribution is 0.233. The van der Waals surface area contributed by atoms with Crippen LogP contribution >= 0.6 is 0 Å². The maximum Gasteiger partial charge on any atom is 0.159 e. The second kappa shape index (κ2) is 12.6. The lowest BCUT2D eigenvalue weighted by atomic mass is 9.78.